The smallest absolute Gasteiger partial charge is 0.0370 e. The SMILES string of the molecule is c1ccc(-c2ccc3cc(-c4c5ccccc5c(-c5ccc6c(c5)sc5cc7sc8ccc9ccccc9c8c7cc56)c5ccccc45)ccc3c2)cc1. The van der Waals surface area contributed by atoms with Gasteiger partial charge < -0.3 is 0 Å². The van der Waals surface area contributed by atoms with Crippen molar-refractivity contribution >= 4 is 106 Å². The quantitative estimate of drug-likeness (QED) is 0.160. The number of fused-ring (bicyclic) bond motifs is 11. The molecule has 0 aliphatic heterocycles. The first-order valence-electron chi connectivity index (χ1n) is 18.5. The zero-order chi connectivity index (χ0) is 35.3. The molecule has 0 nitrogen and oxygen atoms in total. The third kappa shape index (κ3) is 4.48. The van der Waals surface area contributed by atoms with Gasteiger partial charge in [0.25, 0.3) is 0 Å². The van der Waals surface area contributed by atoms with Crippen LogP contribution in [0.15, 0.2) is 182 Å². The number of thiophene rings is 2. The fourth-order valence-corrected chi connectivity index (χ4v) is 11.3. The molecule has 0 unspecified atom stereocenters. The van der Waals surface area contributed by atoms with Crippen LogP contribution in [0, 0.1) is 0 Å². The first-order chi connectivity index (χ1) is 26.7. The Morgan fingerprint density at radius 2 is 0.759 bits per heavy atom. The molecule has 0 fully saturated rings. The fraction of sp³-hybridized carbons (Fsp3) is 0. The van der Waals surface area contributed by atoms with Crippen molar-refractivity contribution in [2.75, 3.05) is 0 Å². The highest BCUT2D eigenvalue weighted by molar-refractivity contribution is 7.28. The van der Waals surface area contributed by atoms with Gasteiger partial charge in [-0.15, -0.1) is 22.7 Å². The second kappa shape index (κ2) is 11.6. The summed E-state index contributed by atoms with van der Waals surface area (Å²) in [6.07, 6.45) is 0. The molecule has 0 N–H and O–H groups in total. The summed E-state index contributed by atoms with van der Waals surface area (Å²) in [6.45, 7) is 0. The van der Waals surface area contributed by atoms with Crippen molar-refractivity contribution in [3.05, 3.63) is 182 Å². The molecule has 0 saturated heterocycles. The number of hydrogen-bond acceptors (Lipinski definition) is 2. The molecule has 12 aromatic rings. The van der Waals surface area contributed by atoms with Gasteiger partial charge in [-0.25, -0.2) is 0 Å². The summed E-state index contributed by atoms with van der Waals surface area (Å²) in [5.41, 5.74) is 7.59. The lowest BCUT2D eigenvalue weighted by Gasteiger charge is -2.18. The van der Waals surface area contributed by atoms with Gasteiger partial charge in [0, 0.05) is 40.3 Å². The average Bonchev–Trinajstić information content (AvgIpc) is 3.78. The highest BCUT2D eigenvalue weighted by atomic mass is 32.1. The largest absolute Gasteiger partial charge is 0.135 e. The minimum absolute atomic E-state index is 1.24. The van der Waals surface area contributed by atoms with Crippen LogP contribution in [0.4, 0.5) is 0 Å². The molecule has 0 saturated carbocycles. The van der Waals surface area contributed by atoms with E-state index >= 15 is 0 Å². The third-order valence-corrected chi connectivity index (χ3v) is 13.6. The van der Waals surface area contributed by atoms with E-state index in [1.165, 1.54) is 117 Å². The van der Waals surface area contributed by atoms with Crippen LogP contribution in [-0.2, 0) is 0 Å². The van der Waals surface area contributed by atoms with Crippen molar-refractivity contribution < 1.29 is 0 Å². The Bertz CT molecular complexity index is 3430. The molecule has 0 atom stereocenters. The molecule has 54 heavy (non-hydrogen) atoms. The lowest BCUT2D eigenvalue weighted by molar-refractivity contribution is 1.64. The van der Waals surface area contributed by atoms with Crippen LogP contribution in [-0.4, -0.2) is 0 Å². The van der Waals surface area contributed by atoms with E-state index in [4.69, 9.17) is 0 Å². The summed E-state index contributed by atoms with van der Waals surface area (Å²) >= 11 is 3.83. The fourth-order valence-electron chi connectivity index (χ4n) is 8.93. The Balaban J connectivity index is 1.04. The Morgan fingerprint density at radius 3 is 1.48 bits per heavy atom. The van der Waals surface area contributed by atoms with Crippen LogP contribution in [0.5, 0.6) is 0 Å². The maximum Gasteiger partial charge on any atom is 0.0370 e. The van der Waals surface area contributed by atoms with Crippen molar-refractivity contribution in [2.45, 2.75) is 0 Å². The van der Waals surface area contributed by atoms with Crippen LogP contribution in [0.1, 0.15) is 0 Å². The molecule has 0 aliphatic rings. The molecule has 2 heterocycles. The summed E-state index contributed by atoms with van der Waals surface area (Å²) in [5.74, 6) is 0. The van der Waals surface area contributed by atoms with Crippen molar-refractivity contribution in [2.24, 2.45) is 0 Å². The highest BCUT2D eigenvalue weighted by Gasteiger charge is 2.19. The zero-order valence-corrected chi connectivity index (χ0v) is 30.8. The maximum atomic E-state index is 2.46. The van der Waals surface area contributed by atoms with Gasteiger partial charge in [0.15, 0.2) is 0 Å². The Hall–Kier alpha value is -6.32. The Morgan fingerprint density at radius 1 is 0.241 bits per heavy atom. The van der Waals surface area contributed by atoms with Gasteiger partial charge in [-0.1, -0.05) is 146 Å². The summed E-state index contributed by atoms with van der Waals surface area (Å²) < 4.78 is 5.40. The minimum atomic E-state index is 1.24. The Kier molecular flexibility index (Phi) is 6.48. The van der Waals surface area contributed by atoms with Crippen molar-refractivity contribution in [3.63, 3.8) is 0 Å². The standard InChI is InChI=1S/C52H30S2/c1-2-10-31(11-3-1)33-18-19-35-27-36(21-20-34(35)26-33)50-40-14-6-8-16-42(40)51(43-17-9-7-15-41(43)50)37-22-24-39-44-29-45-49(30-48(44)54-47(39)28-37)53-46-25-23-32-12-4-5-13-38(32)52(45)46/h1-30H. The predicted octanol–water partition coefficient (Wildman–Crippen LogP) is 16.0. The predicted molar refractivity (Wildman–Crippen MR) is 239 cm³/mol. The lowest BCUT2D eigenvalue weighted by atomic mass is 9.85. The van der Waals surface area contributed by atoms with Gasteiger partial charge in [-0.2, -0.15) is 0 Å². The normalized spacial score (nSPS) is 12.1. The second-order valence-electron chi connectivity index (χ2n) is 14.4. The maximum absolute atomic E-state index is 2.46. The minimum Gasteiger partial charge on any atom is -0.135 e. The van der Waals surface area contributed by atoms with Gasteiger partial charge >= 0.3 is 0 Å². The lowest BCUT2D eigenvalue weighted by Crippen LogP contribution is -1.91. The van der Waals surface area contributed by atoms with Crippen LogP contribution >= 0.6 is 22.7 Å². The second-order valence-corrected chi connectivity index (χ2v) is 16.6. The molecule has 250 valence electrons. The number of benzene rings is 10. The van der Waals surface area contributed by atoms with E-state index in [1.54, 1.807) is 0 Å². The molecule has 0 radical (unpaired) electrons. The molecule has 12 rings (SSSR count). The van der Waals surface area contributed by atoms with Gasteiger partial charge in [0.2, 0.25) is 0 Å². The van der Waals surface area contributed by atoms with Gasteiger partial charge in [0.05, 0.1) is 0 Å². The van der Waals surface area contributed by atoms with Gasteiger partial charge in [0.1, 0.15) is 0 Å². The van der Waals surface area contributed by atoms with E-state index in [0.717, 1.165) is 0 Å². The molecule has 0 amide bonds. The van der Waals surface area contributed by atoms with E-state index in [1.807, 2.05) is 22.7 Å². The molecule has 2 aromatic heterocycles. The van der Waals surface area contributed by atoms with Crippen LogP contribution < -0.4 is 0 Å². The topological polar surface area (TPSA) is 0 Å². The van der Waals surface area contributed by atoms with E-state index in [-0.39, 0.29) is 0 Å². The Labute approximate surface area is 319 Å². The molecular formula is C52H30S2. The summed E-state index contributed by atoms with van der Waals surface area (Å²) in [6, 6.07) is 67.8. The summed E-state index contributed by atoms with van der Waals surface area (Å²) in [4.78, 5) is 0. The molecule has 0 aliphatic carbocycles. The van der Waals surface area contributed by atoms with E-state index < -0.39 is 0 Å². The monoisotopic (exact) mass is 718 g/mol. The average molecular weight is 719 g/mol. The van der Waals surface area contributed by atoms with Crippen molar-refractivity contribution in [3.8, 4) is 33.4 Å². The van der Waals surface area contributed by atoms with Crippen molar-refractivity contribution in [1.82, 2.24) is 0 Å². The third-order valence-electron chi connectivity index (χ3n) is 11.4. The summed E-state index contributed by atoms with van der Waals surface area (Å²) in [5, 5.41) is 15.7. The van der Waals surface area contributed by atoms with E-state index in [2.05, 4.69) is 182 Å². The first kappa shape index (κ1) is 30.2. The molecule has 10 aromatic carbocycles. The highest BCUT2D eigenvalue weighted by Crippen LogP contribution is 2.47. The first-order valence-corrected chi connectivity index (χ1v) is 20.1. The van der Waals surface area contributed by atoms with E-state index in [9.17, 15) is 0 Å². The van der Waals surface area contributed by atoms with Gasteiger partial charge in [-0.05, 0) is 113 Å². The molecule has 2 heteroatoms. The van der Waals surface area contributed by atoms with Gasteiger partial charge in [-0.3, -0.25) is 0 Å². The molecule has 0 bridgehead atoms. The molecular weight excluding hydrogens is 689 g/mol. The molecule has 0 spiro atoms. The van der Waals surface area contributed by atoms with E-state index in [0.29, 0.717) is 0 Å². The van der Waals surface area contributed by atoms with Crippen molar-refractivity contribution in [1.29, 1.82) is 0 Å². The number of hydrogen-bond donors (Lipinski definition) is 0. The summed E-state index contributed by atoms with van der Waals surface area (Å²) in [7, 11) is 0. The van der Waals surface area contributed by atoms with Crippen LogP contribution in [0.2, 0.25) is 0 Å². The number of rotatable bonds is 3. The van der Waals surface area contributed by atoms with Crippen LogP contribution in [0.25, 0.3) is 117 Å². The zero-order valence-electron chi connectivity index (χ0n) is 29.1. The van der Waals surface area contributed by atoms with Crippen LogP contribution in [0.3, 0.4) is 0 Å².